The number of aryl methyl sites for hydroxylation is 2. The van der Waals surface area contributed by atoms with Crippen LogP contribution in [-0.4, -0.2) is 24.9 Å². The molecule has 27 heavy (non-hydrogen) atoms. The zero-order chi connectivity index (χ0) is 19.4. The van der Waals surface area contributed by atoms with Crippen LogP contribution in [0.1, 0.15) is 23.7 Å². The highest BCUT2D eigenvalue weighted by Crippen LogP contribution is 2.32. The van der Waals surface area contributed by atoms with E-state index in [0.29, 0.717) is 24.9 Å². The lowest BCUT2D eigenvalue weighted by atomic mass is 10.1. The quantitative estimate of drug-likeness (QED) is 0.634. The second kappa shape index (κ2) is 8.16. The van der Waals surface area contributed by atoms with E-state index < -0.39 is 10.0 Å². The lowest BCUT2D eigenvalue weighted by Crippen LogP contribution is -2.25. The van der Waals surface area contributed by atoms with E-state index in [1.165, 1.54) is 11.3 Å². The average molecular weight is 404 g/mol. The molecule has 0 fully saturated rings. The summed E-state index contributed by atoms with van der Waals surface area (Å²) >= 11 is 1.20. The molecule has 0 bridgehead atoms. The molecule has 0 saturated heterocycles. The zero-order valence-corrected chi connectivity index (χ0v) is 16.8. The zero-order valence-electron chi connectivity index (χ0n) is 15.2. The molecule has 0 aliphatic heterocycles. The van der Waals surface area contributed by atoms with E-state index in [1.54, 1.807) is 24.5 Å². The fourth-order valence-electron chi connectivity index (χ4n) is 2.74. The number of hydrogen-bond acceptors (Lipinski definition) is 5. The monoisotopic (exact) mass is 403 g/mol. The first-order chi connectivity index (χ1) is 12.9. The number of thiophene rings is 1. The second-order valence-electron chi connectivity index (χ2n) is 6.14. The first kappa shape index (κ1) is 19.5. The van der Waals surface area contributed by atoms with Crippen molar-refractivity contribution in [3.05, 3.63) is 69.9 Å². The molecule has 0 atom stereocenters. The van der Waals surface area contributed by atoms with Crippen molar-refractivity contribution in [2.45, 2.75) is 30.9 Å². The average Bonchev–Trinajstić information content (AvgIpc) is 3.13. The first-order valence-electron chi connectivity index (χ1n) is 8.62. The Hall–Kier alpha value is -2.29. The van der Waals surface area contributed by atoms with Gasteiger partial charge in [-0.3, -0.25) is 9.78 Å². The molecular formula is C19H21N3O3S2. The van der Waals surface area contributed by atoms with Crippen molar-refractivity contribution in [2.24, 2.45) is 0 Å². The Morgan fingerprint density at radius 1 is 1.19 bits per heavy atom. The Bertz CT molecular complexity index is 1090. The molecule has 3 aromatic rings. The summed E-state index contributed by atoms with van der Waals surface area (Å²) < 4.78 is 28.0. The molecule has 0 amide bonds. The third kappa shape index (κ3) is 4.52. The molecule has 3 heterocycles. The topological polar surface area (TPSA) is 91.9 Å². The Labute approximate surface area is 162 Å². The maximum absolute atomic E-state index is 12.6. The van der Waals surface area contributed by atoms with Gasteiger partial charge >= 0.3 is 0 Å². The minimum Gasteiger partial charge on any atom is -0.326 e. The fraction of sp³-hybridized carbons (Fsp3) is 0.263. The van der Waals surface area contributed by atoms with Gasteiger partial charge in [-0.05, 0) is 55.7 Å². The minimum atomic E-state index is -3.57. The molecule has 0 saturated carbocycles. The number of rotatable bonds is 7. The van der Waals surface area contributed by atoms with E-state index >= 15 is 0 Å². The van der Waals surface area contributed by atoms with Crippen LogP contribution in [-0.2, 0) is 22.9 Å². The molecule has 0 unspecified atom stereocenters. The lowest BCUT2D eigenvalue weighted by molar-refractivity contribution is 0.584. The lowest BCUT2D eigenvalue weighted by Gasteiger charge is -2.06. The van der Waals surface area contributed by atoms with Crippen molar-refractivity contribution in [3.8, 4) is 10.4 Å². The van der Waals surface area contributed by atoms with Crippen LogP contribution in [0.25, 0.3) is 10.4 Å². The van der Waals surface area contributed by atoms with Gasteiger partial charge in [0.15, 0.2) is 0 Å². The summed E-state index contributed by atoms with van der Waals surface area (Å²) in [5, 5.41) is 0. The fourth-order valence-corrected chi connectivity index (χ4v) is 5.20. The van der Waals surface area contributed by atoms with Crippen molar-refractivity contribution in [2.75, 3.05) is 6.54 Å². The van der Waals surface area contributed by atoms with Gasteiger partial charge < -0.3 is 4.98 Å². The number of nitrogens with zero attached hydrogens (tertiary/aromatic N) is 1. The molecule has 0 aliphatic rings. The predicted molar refractivity (Wildman–Crippen MR) is 108 cm³/mol. The van der Waals surface area contributed by atoms with E-state index in [2.05, 4.69) is 14.7 Å². The number of aromatic nitrogens is 2. The molecule has 6 nitrogen and oxygen atoms in total. The Morgan fingerprint density at radius 2 is 1.93 bits per heavy atom. The third-order valence-electron chi connectivity index (χ3n) is 4.26. The predicted octanol–water partition coefficient (Wildman–Crippen LogP) is 2.89. The molecule has 8 heteroatoms. The van der Waals surface area contributed by atoms with Gasteiger partial charge in [-0.15, -0.1) is 11.3 Å². The van der Waals surface area contributed by atoms with E-state index in [0.717, 1.165) is 21.7 Å². The molecule has 0 aliphatic carbocycles. The number of aromatic amines is 1. The normalized spacial score (nSPS) is 11.6. The Morgan fingerprint density at radius 3 is 2.63 bits per heavy atom. The van der Waals surface area contributed by atoms with Crippen molar-refractivity contribution >= 4 is 21.4 Å². The molecule has 3 rings (SSSR count). The minimum absolute atomic E-state index is 0.0964. The SMILES string of the molecule is CCc1cc(-c2ccc(S(=O)(=O)NCCc3ccncc3)s2)c(C)[nH]c1=O. The standard InChI is InChI=1S/C19H21N3O3S2/c1-3-15-12-16(13(2)22-19(15)23)17-4-5-18(26-17)27(24,25)21-11-8-14-6-9-20-10-7-14/h4-7,9-10,12,21H,3,8,11H2,1-2H3,(H,22,23). The Kier molecular flexibility index (Phi) is 5.88. The largest absolute Gasteiger partial charge is 0.326 e. The number of pyridine rings is 2. The van der Waals surface area contributed by atoms with E-state index in [-0.39, 0.29) is 9.77 Å². The molecule has 142 valence electrons. The van der Waals surface area contributed by atoms with Crippen molar-refractivity contribution < 1.29 is 8.42 Å². The number of sulfonamides is 1. The second-order valence-corrected chi connectivity index (χ2v) is 9.22. The van der Waals surface area contributed by atoms with Crippen LogP contribution >= 0.6 is 11.3 Å². The van der Waals surface area contributed by atoms with Gasteiger partial charge in [0.05, 0.1) is 0 Å². The van der Waals surface area contributed by atoms with Gasteiger partial charge in [-0.2, -0.15) is 0 Å². The van der Waals surface area contributed by atoms with Gasteiger partial charge in [0, 0.05) is 40.6 Å². The summed E-state index contributed by atoms with van der Waals surface area (Å²) in [4.78, 5) is 19.5. The number of hydrogen-bond donors (Lipinski definition) is 2. The highest BCUT2D eigenvalue weighted by molar-refractivity contribution is 7.91. The van der Waals surface area contributed by atoms with Gasteiger partial charge in [0.2, 0.25) is 10.0 Å². The molecule has 2 N–H and O–H groups in total. The van der Waals surface area contributed by atoms with Gasteiger partial charge in [0.25, 0.3) is 5.56 Å². The van der Waals surface area contributed by atoms with Gasteiger partial charge in [-0.25, -0.2) is 13.1 Å². The first-order valence-corrected chi connectivity index (χ1v) is 10.9. The highest BCUT2D eigenvalue weighted by atomic mass is 32.2. The van der Waals surface area contributed by atoms with E-state index in [9.17, 15) is 13.2 Å². The maximum atomic E-state index is 12.6. The van der Waals surface area contributed by atoms with Crippen molar-refractivity contribution in [3.63, 3.8) is 0 Å². The van der Waals surface area contributed by atoms with Crippen LogP contribution in [0.2, 0.25) is 0 Å². The molecule has 0 aromatic carbocycles. The smallest absolute Gasteiger partial charge is 0.251 e. The van der Waals surface area contributed by atoms with Crippen LogP contribution in [0.15, 0.2) is 51.7 Å². The summed E-state index contributed by atoms with van der Waals surface area (Å²) in [5.41, 5.74) is 3.20. The third-order valence-corrected chi connectivity index (χ3v) is 7.33. The molecule has 3 aromatic heterocycles. The number of nitrogens with one attached hydrogen (secondary N) is 2. The van der Waals surface area contributed by atoms with E-state index in [1.807, 2.05) is 32.0 Å². The summed E-state index contributed by atoms with van der Waals surface area (Å²) in [6, 6.07) is 8.95. The van der Waals surface area contributed by atoms with Crippen molar-refractivity contribution in [1.29, 1.82) is 0 Å². The summed E-state index contributed by atoms with van der Waals surface area (Å²) in [5.74, 6) is 0. The van der Waals surface area contributed by atoms with Crippen LogP contribution in [0.3, 0.4) is 0 Å². The maximum Gasteiger partial charge on any atom is 0.251 e. The summed E-state index contributed by atoms with van der Waals surface area (Å²) in [6.07, 6.45) is 4.59. The summed E-state index contributed by atoms with van der Waals surface area (Å²) in [6.45, 7) is 4.05. The van der Waals surface area contributed by atoms with Crippen LogP contribution < -0.4 is 10.3 Å². The molecule has 0 spiro atoms. The highest BCUT2D eigenvalue weighted by Gasteiger charge is 2.18. The van der Waals surface area contributed by atoms with Crippen LogP contribution in [0.5, 0.6) is 0 Å². The molecule has 0 radical (unpaired) electrons. The Balaban J connectivity index is 1.77. The van der Waals surface area contributed by atoms with Crippen LogP contribution in [0, 0.1) is 6.92 Å². The van der Waals surface area contributed by atoms with Crippen LogP contribution in [0.4, 0.5) is 0 Å². The molecular weight excluding hydrogens is 382 g/mol. The number of H-pyrrole nitrogens is 1. The van der Waals surface area contributed by atoms with E-state index in [4.69, 9.17) is 0 Å². The van der Waals surface area contributed by atoms with Gasteiger partial charge in [-0.1, -0.05) is 6.92 Å². The van der Waals surface area contributed by atoms with Gasteiger partial charge in [0.1, 0.15) is 4.21 Å². The van der Waals surface area contributed by atoms with Crippen molar-refractivity contribution in [1.82, 2.24) is 14.7 Å². The summed E-state index contributed by atoms with van der Waals surface area (Å²) in [7, 11) is -3.57.